The number of carbonyl (C=O) groups is 1. The maximum Gasteiger partial charge on any atom is 0.253 e. The maximum atomic E-state index is 13.3. The van der Waals surface area contributed by atoms with Crippen LogP contribution in [0.15, 0.2) is 78.9 Å². The highest BCUT2D eigenvalue weighted by Crippen LogP contribution is 2.34. The molecule has 0 aromatic heterocycles. The molecule has 3 heterocycles. The molecule has 3 aliphatic rings. The number of halogens is 1. The average molecular weight is 454 g/mol. The molecule has 0 saturated carbocycles. The van der Waals surface area contributed by atoms with Crippen LogP contribution in [-0.4, -0.2) is 47.4 Å². The van der Waals surface area contributed by atoms with E-state index in [9.17, 15) is 9.18 Å². The number of piperazine rings is 1. The summed E-state index contributed by atoms with van der Waals surface area (Å²) in [6.45, 7) is 3.15. The van der Waals surface area contributed by atoms with Crippen molar-refractivity contribution in [3.05, 3.63) is 101 Å². The molecule has 3 aromatic rings. The monoisotopic (exact) mass is 453 g/mol. The SMILES string of the molecule is O=C(c1ccc(N2CC=Cc3ccccc32)cc1)N1CC2CCC(C1)N2Cc1ccc(F)cc1. The molecule has 2 fully saturated rings. The summed E-state index contributed by atoms with van der Waals surface area (Å²) in [5, 5.41) is 0. The number of nitrogens with zero attached hydrogens (tertiary/aromatic N) is 3. The molecular formula is C29H28FN3O. The average Bonchev–Trinajstić information content (AvgIpc) is 3.10. The lowest BCUT2D eigenvalue weighted by atomic mass is 10.1. The van der Waals surface area contributed by atoms with E-state index in [1.54, 1.807) is 0 Å². The van der Waals surface area contributed by atoms with E-state index < -0.39 is 0 Å². The molecule has 0 N–H and O–H groups in total. The minimum Gasteiger partial charge on any atom is -0.337 e. The Bertz CT molecular complexity index is 1210. The van der Waals surface area contributed by atoms with E-state index in [0.717, 1.165) is 55.8 Å². The van der Waals surface area contributed by atoms with Gasteiger partial charge in [-0.15, -0.1) is 0 Å². The highest BCUT2D eigenvalue weighted by molar-refractivity contribution is 5.95. The number of para-hydroxylation sites is 1. The molecule has 172 valence electrons. The lowest BCUT2D eigenvalue weighted by Gasteiger charge is -2.41. The van der Waals surface area contributed by atoms with Crippen molar-refractivity contribution in [3.8, 4) is 0 Å². The van der Waals surface area contributed by atoms with E-state index >= 15 is 0 Å². The molecule has 3 aliphatic heterocycles. The molecule has 2 saturated heterocycles. The zero-order valence-electron chi connectivity index (χ0n) is 19.1. The van der Waals surface area contributed by atoms with Gasteiger partial charge in [0.25, 0.3) is 5.91 Å². The summed E-state index contributed by atoms with van der Waals surface area (Å²) < 4.78 is 13.3. The van der Waals surface area contributed by atoms with Crippen LogP contribution in [0.5, 0.6) is 0 Å². The Morgan fingerprint density at radius 1 is 0.882 bits per heavy atom. The van der Waals surface area contributed by atoms with E-state index in [2.05, 4.69) is 58.4 Å². The predicted molar refractivity (Wildman–Crippen MR) is 134 cm³/mol. The number of hydrogen-bond acceptors (Lipinski definition) is 3. The molecule has 0 aliphatic carbocycles. The maximum absolute atomic E-state index is 13.3. The van der Waals surface area contributed by atoms with E-state index in [1.165, 1.54) is 23.4 Å². The van der Waals surface area contributed by atoms with Gasteiger partial charge in [0.1, 0.15) is 5.82 Å². The number of hydrogen-bond donors (Lipinski definition) is 0. The molecule has 1 amide bonds. The van der Waals surface area contributed by atoms with Gasteiger partial charge in [-0.2, -0.15) is 0 Å². The fraction of sp³-hybridized carbons (Fsp3) is 0.276. The third-order valence-electron chi connectivity index (χ3n) is 7.44. The topological polar surface area (TPSA) is 26.8 Å². The van der Waals surface area contributed by atoms with E-state index in [4.69, 9.17) is 0 Å². The summed E-state index contributed by atoms with van der Waals surface area (Å²) in [5.74, 6) is -0.0852. The standard InChI is InChI=1S/C29H28FN3O/c30-24-11-7-21(8-12-24)18-33-26-15-16-27(33)20-31(19-26)29(34)23-9-13-25(14-10-23)32-17-3-5-22-4-1-2-6-28(22)32/h1-14,26-27H,15-20H2. The van der Waals surface area contributed by atoms with Gasteiger partial charge in [-0.05, 0) is 66.4 Å². The van der Waals surface area contributed by atoms with Crippen LogP contribution in [-0.2, 0) is 6.54 Å². The van der Waals surface area contributed by atoms with Crippen LogP contribution in [0.1, 0.15) is 34.3 Å². The van der Waals surface area contributed by atoms with Gasteiger partial charge in [0.05, 0.1) is 0 Å². The van der Waals surface area contributed by atoms with Crippen LogP contribution in [0.3, 0.4) is 0 Å². The Morgan fingerprint density at radius 3 is 2.32 bits per heavy atom. The number of amides is 1. The Labute approximate surface area is 199 Å². The molecule has 6 rings (SSSR count). The van der Waals surface area contributed by atoms with E-state index in [-0.39, 0.29) is 11.7 Å². The molecule has 0 radical (unpaired) electrons. The van der Waals surface area contributed by atoms with Gasteiger partial charge in [-0.1, -0.05) is 42.5 Å². The first kappa shape index (κ1) is 21.1. The Hall–Kier alpha value is -3.44. The first-order valence-corrected chi connectivity index (χ1v) is 12.1. The highest BCUT2D eigenvalue weighted by Gasteiger charge is 2.41. The van der Waals surface area contributed by atoms with Crippen LogP contribution in [0.4, 0.5) is 15.8 Å². The first-order valence-electron chi connectivity index (χ1n) is 12.1. The van der Waals surface area contributed by atoms with Crippen molar-refractivity contribution in [2.75, 3.05) is 24.5 Å². The summed E-state index contributed by atoms with van der Waals surface area (Å²) in [6, 6.07) is 23.9. The van der Waals surface area contributed by atoms with Crippen LogP contribution >= 0.6 is 0 Å². The number of carbonyl (C=O) groups excluding carboxylic acids is 1. The van der Waals surface area contributed by atoms with Crippen LogP contribution in [0, 0.1) is 5.82 Å². The largest absolute Gasteiger partial charge is 0.337 e. The predicted octanol–water partition coefficient (Wildman–Crippen LogP) is 5.48. The number of rotatable bonds is 4. The second-order valence-corrected chi connectivity index (χ2v) is 9.51. The molecule has 2 atom stereocenters. The van der Waals surface area contributed by atoms with Crippen molar-refractivity contribution in [1.82, 2.24) is 9.80 Å². The minimum atomic E-state index is -0.200. The van der Waals surface area contributed by atoms with Gasteiger partial charge < -0.3 is 9.80 Å². The van der Waals surface area contributed by atoms with Crippen molar-refractivity contribution in [3.63, 3.8) is 0 Å². The molecular weight excluding hydrogens is 425 g/mol. The summed E-state index contributed by atoms with van der Waals surface area (Å²) in [5.41, 5.74) is 5.37. The quantitative estimate of drug-likeness (QED) is 0.523. The Kier molecular flexibility index (Phi) is 5.42. The van der Waals surface area contributed by atoms with Gasteiger partial charge in [-0.25, -0.2) is 4.39 Å². The molecule has 4 nitrogen and oxygen atoms in total. The number of fused-ring (bicyclic) bond motifs is 3. The van der Waals surface area contributed by atoms with E-state index in [0.29, 0.717) is 12.1 Å². The summed E-state index contributed by atoms with van der Waals surface area (Å²) in [6.07, 6.45) is 6.54. The molecule has 0 spiro atoms. The third kappa shape index (κ3) is 3.90. The van der Waals surface area contributed by atoms with Gasteiger partial charge in [-0.3, -0.25) is 9.69 Å². The van der Waals surface area contributed by atoms with Crippen molar-refractivity contribution in [1.29, 1.82) is 0 Å². The van der Waals surface area contributed by atoms with Crippen molar-refractivity contribution >= 4 is 23.4 Å². The minimum absolute atomic E-state index is 0.115. The second kappa shape index (κ2) is 8.73. The van der Waals surface area contributed by atoms with Gasteiger partial charge in [0.15, 0.2) is 0 Å². The number of likely N-dealkylation sites (tertiary alicyclic amines) is 1. The number of benzene rings is 3. The highest BCUT2D eigenvalue weighted by atomic mass is 19.1. The normalized spacial score (nSPS) is 21.6. The number of anilines is 2. The van der Waals surface area contributed by atoms with Gasteiger partial charge in [0.2, 0.25) is 0 Å². The third-order valence-corrected chi connectivity index (χ3v) is 7.44. The summed E-state index contributed by atoms with van der Waals surface area (Å²) >= 11 is 0. The van der Waals surface area contributed by atoms with Crippen molar-refractivity contribution in [2.45, 2.75) is 31.5 Å². The van der Waals surface area contributed by atoms with Crippen LogP contribution < -0.4 is 4.90 Å². The van der Waals surface area contributed by atoms with Gasteiger partial charge >= 0.3 is 0 Å². The molecule has 3 aromatic carbocycles. The lowest BCUT2D eigenvalue weighted by Crippen LogP contribution is -2.54. The molecule has 2 unspecified atom stereocenters. The Morgan fingerprint density at radius 2 is 1.59 bits per heavy atom. The zero-order valence-corrected chi connectivity index (χ0v) is 19.1. The second-order valence-electron chi connectivity index (χ2n) is 9.51. The van der Waals surface area contributed by atoms with Crippen LogP contribution in [0.2, 0.25) is 0 Å². The van der Waals surface area contributed by atoms with Crippen LogP contribution in [0.25, 0.3) is 6.08 Å². The Balaban J connectivity index is 1.14. The molecule has 5 heteroatoms. The van der Waals surface area contributed by atoms with E-state index in [1.807, 2.05) is 29.2 Å². The molecule has 34 heavy (non-hydrogen) atoms. The fourth-order valence-corrected chi connectivity index (χ4v) is 5.68. The summed E-state index contributed by atoms with van der Waals surface area (Å²) in [7, 11) is 0. The van der Waals surface area contributed by atoms with Crippen molar-refractivity contribution < 1.29 is 9.18 Å². The fourth-order valence-electron chi connectivity index (χ4n) is 5.68. The smallest absolute Gasteiger partial charge is 0.253 e. The van der Waals surface area contributed by atoms with Gasteiger partial charge in [0, 0.05) is 55.2 Å². The van der Waals surface area contributed by atoms with Crippen molar-refractivity contribution in [2.24, 2.45) is 0 Å². The molecule has 2 bridgehead atoms. The zero-order chi connectivity index (χ0) is 23.1. The first-order chi connectivity index (χ1) is 16.7. The summed E-state index contributed by atoms with van der Waals surface area (Å²) in [4.78, 5) is 20.2. The lowest BCUT2D eigenvalue weighted by molar-refractivity contribution is 0.0423.